The van der Waals surface area contributed by atoms with Gasteiger partial charge in [-0.05, 0) is 58.1 Å². The van der Waals surface area contributed by atoms with Gasteiger partial charge in [-0.1, -0.05) is 12.1 Å². The smallest absolute Gasteiger partial charge is 0.251 e. The SMILES string of the molecule is CN=C(NCCCn1nc(C)cc1C)NCc1cccc(C(=O)NCCN(C)C)c1. The van der Waals surface area contributed by atoms with Crippen molar-refractivity contribution in [2.75, 3.05) is 40.8 Å². The van der Waals surface area contributed by atoms with Gasteiger partial charge in [-0.15, -0.1) is 0 Å². The highest BCUT2D eigenvalue weighted by Gasteiger charge is 2.07. The molecule has 1 aromatic carbocycles. The molecule has 0 fully saturated rings. The third kappa shape index (κ3) is 7.87. The number of benzene rings is 1. The molecule has 2 aromatic rings. The molecule has 0 radical (unpaired) electrons. The van der Waals surface area contributed by atoms with Crippen molar-refractivity contribution in [3.63, 3.8) is 0 Å². The second-order valence-electron chi connectivity index (χ2n) is 7.62. The van der Waals surface area contributed by atoms with Crippen molar-refractivity contribution in [2.45, 2.75) is 33.4 Å². The van der Waals surface area contributed by atoms with Crippen LogP contribution in [0.4, 0.5) is 0 Å². The lowest BCUT2D eigenvalue weighted by molar-refractivity contribution is 0.0951. The average molecular weight is 414 g/mol. The Hall–Kier alpha value is -2.87. The number of guanidine groups is 1. The predicted molar refractivity (Wildman–Crippen MR) is 122 cm³/mol. The number of hydrogen-bond donors (Lipinski definition) is 3. The van der Waals surface area contributed by atoms with Crippen LogP contribution in [0.5, 0.6) is 0 Å². The third-order valence-electron chi connectivity index (χ3n) is 4.66. The van der Waals surface area contributed by atoms with Crippen LogP contribution in [-0.2, 0) is 13.1 Å². The number of carbonyl (C=O) groups excluding carboxylic acids is 1. The molecule has 2 rings (SSSR count). The van der Waals surface area contributed by atoms with Crippen molar-refractivity contribution in [3.05, 3.63) is 52.8 Å². The van der Waals surface area contributed by atoms with E-state index in [1.165, 1.54) is 5.69 Å². The van der Waals surface area contributed by atoms with Gasteiger partial charge in [0.2, 0.25) is 0 Å². The average Bonchev–Trinajstić information content (AvgIpc) is 3.04. The van der Waals surface area contributed by atoms with E-state index in [1.807, 2.05) is 54.9 Å². The summed E-state index contributed by atoms with van der Waals surface area (Å²) in [5.41, 5.74) is 3.92. The van der Waals surface area contributed by atoms with E-state index in [9.17, 15) is 4.79 Å². The van der Waals surface area contributed by atoms with Crippen molar-refractivity contribution in [2.24, 2.45) is 4.99 Å². The van der Waals surface area contributed by atoms with Crippen LogP contribution in [-0.4, -0.2) is 67.3 Å². The van der Waals surface area contributed by atoms with Crippen molar-refractivity contribution >= 4 is 11.9 Å². The van der Waals surface area contributed by atoms with Gasteiger partial charge in [-0.2, -0.15) is 5.10 Å². The zero-order chi connectivity index (χ0) is 21.9. The Bertz CT molecular complexity index is 842. The topological polar surface area (TPSA) is 86.6 Å². The van der Waals surface area contributed by atoms with Crippen LogP contribution in [0.2, 0.25) is 0 Å². The fourth-order valence-corrected chi connectivity index (χ4v) is 3.06. The highest BCUT2D eigenvalue weighted by molar-refractivity contribution is 5.94. The van der Waals surface area contributed by atoms with Crippen molar-refractivity contribution < 1.29 is 4.79 Å². The molecular formula is C22H35N7O. The molecule has 0 aliphatic heterocycles. The number of aryl methyl sites for hydroxylation is 3. The zero-order valence-corrected chi connectivity index (χ0v) is 18.8. The van der Waals surface area contributed by atoms with Crippen LogP contribution >= 0.6 is 0 Å². The Morgan fingerprint density at radius 3 is 2.60 bits per heavy atom. The Morgan fingerprint density at radius 2 is 1.93 bits per heavy atom. The molecule has 0 saturated carbocycles. The first-order valence-electron chi connectivity index (χ1n) is 10.4. The molecule has 0 aliphatic rings. The van der Waals surface area contributed by atoms with Crippen LogP contribution in [0.1, 0.15) is 33.7 Å². The zero-order valence-electron chi connectivity index (χ0n) is 18.8. The summed E-state index contributed by atoms with van der Waals surface area (Å²) in [5, 5.41) is 14.1. The monoisotopic (exact) mass is 413 g/mol. The van der Waals surface area contributed by atoms with E-state index in [1.54, 1.807) is 7.05 Å². The molecule has 8 heteroatoms. The number of nitrogens with one attached hydrogen (secondary N) is 3. The Kier molecular flexibility index (Phi) is 9.34. The van der Waals surface area contributed by atoms with Gasteiger partial charge in [0.05, 0.1) is 5.69 Å². The van der Waals surface area contributed by atoms with E-state index in [4.69, 9.17) is 0 Å². The summed E-state index contributed by atoms with van der Waals surface area (Å²) in [6, 6.07) is 9.74. The maximum atomic E-state index is 12.3. The molecule has 0 atom stereocenters. The maximum absolute atomic E-state index is 12.3. The molecule has 1 amide bonds. The van der Waals surface area contributed by atoms with Crippen molar-refractivity contribution in [3.8, 4) is 0 Å². The van der Waals surface area contributed by atoms with Crippen LogP contribution in [0.15, 0.2) is 35.3 Å². The van der Waals surface area contributed by atoms with Gasteiger partial charge in [0.1, 0.15) is 0 Å². The van der Waals surface area contributed by atoms with Crippen LogP contribution in [0.3, 0.4) is 0 Å². The maximum Gasteiger partial charge on any atom is 0.251 e. The number of rotatable bonds is 10. The van der Waals surface area contributed by atoms with Gasteiger partial charge >= 0.3 is 0 Å². The van der Waals surface area contributed by atoms with E-state index in [0.717, 1.165) is 43.3 Å². The lowest BCUT2D eigenvalue weighted by Crippen LogP contribution is -2.37. The highest BCUT2D eigenvalue weighted by Crippen LogP contribution is 2.05. The minimum absolute atomic E-state index is 0.0506. The summed E-state index contributed by atoms with van der Waals surface area (Å²) in [6.45, 7) is 7.79. The van der Waals surface area contributed by atoms with Crippen LogP contribution in [0, 0.1) is 13.8 Å². The number of aliphatic imine (C=N–C) groups is 1. The summed E-state index contributed by atoms with van der Waals surface area (Å²) >= 11 is 0. The molecule has 0 spiro atoms. The largest absolute Gasteiger partial charge is 0.356 e. The fourth-order valence-electron chi connectivity index (χ4n) is 3.06. The quantitative estimate of drug-likeness (QED) is 0.313. The summed E-state index contributed by atoms with van der Waals surface area (Å²) in [5.74, 6) is 0.689. The summed E-state index contributed by atoms with van der Waals surface area (Å²) in [7, 11) is 5.72. The van der Waals surface area contributed by atoms with Crippen LogP contribution in [0.25, 0.3) is 0 Å². The number of likely N-dealkylation sites (N-methyl/N-ethyl adjacent to an activating group) is 1. The Labute approximate surface area is 179 Å². The normalized spacial score (nSPS) is 11.6. The van der Waals surface area contributed by atoms with Gasteiger partial charge in [0.15, 0.2) is 5.96 Å². The molecule has 164 valence electrons. The molecule has 3 N–H and O–H groups in total. The Balaban J connectivity index is 1.76. The van der Waals surface area contributed by atoms with Gasteiger partial charge in [-0.25, -0.2) is 0 Å². The molecule has 30 heavy (non-hydrogen) atoms. The number of aromatic nitrogens is 2. The predicted octanol–water partition coefficient (Wildman–Crippen LogP) is 1.55. The van der Waals surface area contributed by atoms with E-state index in [0.29, 0.717) is 18.7 Å². The van der Waals surface area contributed by atoms with E-state index >= 15 is 0 Å². The molecule has 8 nitrogen and oxygen atoms in total. The Morgan fingerprint density at radius 1 is 1.13 bits per heavy atom. The number of carbonyl (C=O) groups is 1. The van der Waals surface area contributed by atoms with Gasteiger partial charge in [-0.3, -0.25) is 14.5 Å². The minimum atomic E-state index is -0.0506. The van der Waals surface area contributed by atoms with E-state index < -0.39 is 0 Å². The number of hydrogen-bond acceptors (Lipinski definition) is 4. The molecule has 0 unspecified atom stereocenters. The van der Waals surface area contributed by atoms with Crippen molar-refractivity contribution in [1.82, 2.24) is 30.6 Å². The van der Waals surface area contributed by atoms with Gasteiger partial charge in [0.25, 0.3) is 5.91 Å². The lowest BCUT2D eigenvalue weighted by Gasteiger charge is -2.13. The minimum Gasteiger partial charge on any atom is -0.356 e. The van der Waals surface area contributed by atoms with E-state index in [2.05, 4.69) is 39.0 Å². The van der Waals surface area contributed by atoms with Crippen molar-refractivity contribution in [1.29, 1.82) is 0 Å². The third-order valence-corrected chi connectivity index (χ3v) is 4.66. The first-order chi connectivity index (χ1) is 14.4. The second-order valence-corrected chi connectivity index (χ2v) is 7.62. The first-order valence-corrected chi connectivity index (χ1v) is 10.4. The molecule has 1 heterocycles. The number of nitrogens with zero attached hydrogens (tertiary/aromatic N) is 4. The van der Waals surface area contributed by atoms with E-state index in [-0.39, 0.29) is 5.91 Å². The molecule has 1 aromatic heterocycles. The highest BCUT2D eigenvalue weighted by atomic mass is 16.1. The molecule has 0 bridgehead atoms. The molecule has 0 aliphatic carbocycles. The standard InChI is InChI=1S/C22H35N7O/c1-17-14-18(2)29(27-17)12-7-10-25-22(23-3)26-16-19-8-6-9-20(15-19)21(30)24-11-13-28(4)5/h6,8-9,14-15H,7,10-13,16H2,1-5H3,(H,24,30)(H2,23,25,26). The summed E-state index contributed by atoms with van der Waals surface area (Å²) < 4.78 is 2.03. The second kappa shape index (κ2) is 12.0. The first kappa shape index (κ1) is 23.4. The molecular weight excluding hydrogens is 378 g/mol. The van der Waals surface area contributed by atoms with Gasteiger partial charge < -0.3 is 20.9 Å². The summed E-state index contributed by atoms with van der Waals surface area (Å²) in [4.78, 5) is 18.6. The fraction of sp³-hybridized carbons (Fsp3) is 0.500. The van der Waals surface area contributed by atoms with Gasteiger partial charge in [0, 0.05) is 51.0 Å². The van der Waals surface area contributed by atoms with Crippen LogP contribution < -0.4 is 16.0 Å². The molecule has 0 saturated heterocycles. The lowest BCUT2D eigenvalue weighted by atomic mass is 10.1. The summed E-state index contributed by atoms with van der Waals surface area (Å²) in [6.07, 6.45) is 0.950. The number of amides is 1.